The van der Waals surface area contributed by atoms with Gasteiger partial charge >= 0.3 is 0 Å². The zero-order valence-corrected chi connectivity index (χ0v) is 18.5. The number of nitrogens with one attached hydrogen (secondary N) is 1. The fraction of sp³-hybridized carbons (Fsp3) is 0.308. The Hall–Kier alpha value is -3.29. The van der Waals surface area contributed by atoms with Crippen molar-refractivity contribution in [2.45, 2.75) is 13.0 Å². The Kier molecular flexibility index (Phi) is 8.00. The summed E-state index contributed by atoms with van der Waals surface area (Å²) in [5.74, 6) is 0.389. The molecule has 0 aliphatic carbocycles. The second-order valence-corrected chi connectivity index (χ2v) is 7.96. The minimum atomic E-state index is -0.311. The van der Waals surface area contributed by atoms with Crippen molar-refractivity contribution < 1.29 is 18.7 Å². The lowest BCUT2D eigenvalue weighted by molar-refractivity contribution is -0.120. The topological polar surface area (TPSA) is 63.7 Å². The Balaban J connectivity index is 1.23. The van der Waals surface area contributed by atoms with E-state index in [1.165, 1.54) is 12.1 Å². The molecule has 1 aliphatic heterocycles. The van der Waals surface area contributed by atoms with E-state index >= 15 is 0 Å². The lowest BCUT2D eigenvalue weighted by Gasteiger charge is -2.26. The summed E-state index contributed by atoms with van der Waals surface area (Å²) in [6.07, 6.45) is 1.93. The Morgan fingerprint density at radius 3 is 2.61 bits per heavy atom. The van der Waals surface area contributed by atoms with Crippen LogP contribution in [0.3, 0.4) is 0 Å². The highest BCUT2D eigenvalue weighted by atomic mass is 19.1. The van der Waals surface area contributed by atoms with Gasteiger partial charge in [0, 0.05) is 37.9 Å². The van der Waals surface area contributed by atoms with Gasteiger partial charge in [0.05, 0.1) is 25.3 Å². The zero-order chi connectivity index (χ0) is 22.9. The Labute approximate surface area is 193 Å². The largest absolute Gasteiger partial charge is 0.492 e. The standard InChI is InChI=1S/C26H28FN3O3/c27-23-3-1-2-20(16-23)19-29-26(31)17-21-4-9-25(28-18-21)22-5-7-24(8-6-22)33-15-12-30-10-13-32-14-11-30/h1-9,16,18H,10-15,17,19H2,(H,29,31). The van der Waals surface area contributed by atoms with Crippen LogP contribution in [-0.4, -0.2) is 55.2 Å². The number of hydrogen-bond donors (Lipinski definition) is 1. The molecule has 1 fully saturated rings. The van der Waals surface area contributed by atoms with Gasteiger partial charge in [0.25, 0.3) is 0 Å². The van der Waals surface area contributed by atoms with Crippen molar-refractivity contribution in [2.24, 2.45) is 0 Å². The molecule has 1 saturated heterocycles. The van der Waals surface area contributed by atoms with Gasteiger partial charge in [-0.3, -0.25) is 14.7 Å². The number of rotatable bonds is 9. The highest BCUT2D eigenvalue weighted by molar-refractivity contribution is 5.78. The SMILES string of the molecule is O=C(Cc1ccc(-c2ccc(OCCN3CCOCC3)cc2)nc1)NCc1cccc(F)c1. The molecule has 0 saturated carbocycles. The smallest absolute Gasteiger partial charge is 0.224 e. The van der Waals surface area contributed by atoms with Crippen LogP contribution in [0.25, 0.3) is 11.3 Å². The van der Waals surface area contributed by atoms with Crippen LogP contribution in [0.1, 0.15) is 11.1 Å². The fourth-order valence-electron chi connectivity index (χ4n) is 3.63. The van der Waals surface area contributed by atoms with Crippen LogP contribution in [-0.2, 0) is 22.5 Å². The minimum absolute atomic E-state index is 0.132. The third-order valence-corrected chi connectivity index (χ3v) is 5.50. The summed E-state index contributed by atoms with van der Waals surface area (Å²) in [6, 6.07) is 17.9. The number of nitrogens with zero attached hydrogens (tertiary/aromatic N) is 2. The summed E-state index contributed by atoms with van der Waals surface area (Å²) in [6.45, 7) is 5.33. The Morgan fingerprint density at radius 2 is 1.88 bits per heavy atom. The van der Waals surface area contributed by atoms with Crippen molar-refractivity contribution in [3.05, 3.63) is 83.8 Å². The number of carbonyl (C=O) groups excluding carboxylic acids is 1. The van der Waals surface area contributed by atoms with E-state index in [1.807, 2.05) is 36.4 Å². The second kappa shape index (κ2) is 11.5. The number of aromatic nitrogens is 1. The van der Waals surface area contributed by atoms with Gasteiger partial charge in [-0.05, 0) is 53.6 Å². The Bertz CT molecular complexity index is 1040. The molecule has 0 radical (unpaired) electrons. The molecular weight excluding hydrogens is 421 g/mol. The van der Waals surface area contributed by atoms with Gasteiger partial charge in [0.2, 0.25) is 5.91 Å². The van der Waals surface area contributed by atoms with Gasteiger partial charge in [-0.2, -0.15) is 0 Å². The molecule has 2 heterocycles. The van der Waals surface area contributed by atoms with Gasteiger partial charge in [0.15, 0.2) is 0 Å². The molecule has 2 aromatic carbocycles. The van der Waals surface area contributed by atoms with Gasteiger partial charge in [0.1, 0.15) is 18.2 Å². The van der Waals surface area contributed by atoms with Crippen molar-refractivity contribution >= 4 is 5.91 Å². The summed E-state index contributed by atoms with van der Waals surface area (Å²) >= 11 is 0. The molecule has 6 nitrogen and oxygen atoms in total. The molecule has 3 aromatic rings. The monoisotopic (exact) mass is 449 g/mol. The van der Waals surface area contributed by atoms with Gasteiger partial charge in [-0.1, -0.05) is 18.2 Å². The third kappa shape index (κ3) is 7.10. The van der Waals surface area contributed by atoms with Crippen LogP contribution in [0.4, 0.5) is 4.39 Å². The van der Waals surface area contributed by atoms with Crippen molar-refractivity contribution in [1.29, 1.82) is 0 Å². The first-order chi connectivity index (χ1) is 16.2. The zero-order valence-electron chi connectivity index (χ0n) is 18.5. The Morgan fingerprint density at radius 1 is 1.06 bits per heavy atom. The van der Waals surface area contributed by atoms with E-state index in [1.54, 1.807) is 18.3 Å². The van der Waals surface area contributed by atoms with Crippen molar-refractivity contribution in [3.63, 3.8) is 0 Å². The summed E-state index contributed by atoms with van der Waals surface area (Å²) in [5, 5.41) is 2.81. The van der Waals surface area contributed by atoms with Crippen LogP contribution in [0.5, 0.6) is 5.75 Å². The van der Waals surface area contributed by atoms with Crippen LogP contribution < -0.4 is 10.1 Å². The molecule has 33 heavy (non-hydrogen) atoms. The first-order valence-electron chi connectivity index (χ1n) is 11.2. The van der Waals surface area contributed by atoms with Crippen molar-refractivity contribution in [1.82, 2.24) is 15.2 Å². The minimum Gasteiger partial charge on any atom is -0.492 e. The number of morpholine rings is 1. The van der Waals surface area contributed by atoms with E-state index in [4.69, 9.17) is 9.47 Å². The first kappa shape index (κ1) is 22.9. The second-order valence-electron chi connectivity index (χ2n) is 7.96. The summed E-state index contributed by atoms with van der Waals surface area (Å²) < 4.78 is 24.4. The van der Waals surface area contributed by atoms with E-state index in [9.17, 15) is 9.18 Å². The summed E-state index contributed by atoms with van der Waals surface area (Å²) in [4.78, 5) is 19.0. The van der Waals surface area contributed by atoms with E-state index < -0.39 is 0 Å². The molecule has 7 heteroatoms. The summed E-state index contributed by atoms with van der Waals surface area (Å²) in [5.41, 5.74) is 3.36. The molecule has 0 atom stereocenters. The number of amides is 1. The maximum Gasteiger partial charge on any atom is 0.224 e. The van der Waals surface area contributed by atoms with Crippen LogP contribution in [0, 0.1) is 5.82 Å². The highest BCUT2D eigenvalue weighted by Crippen LogP contribution is 2.21. The number of pyridine rings is 1. The predicted octanol–water partition coefficient (Wildman–Crippen LogP) is 3.46. The number of halogens is 1. The molecule has 0 spiro atoms. The lowest BCUT2D eigenvalue weighted by atomic mass is 10.1. The number of ether oxygens (including phenoxy) is 2. The molecule has 0 bridgehead atoms. The quantitative estimate of drug-likeness (QED) is 0.542. The maximum atomic E-state index is 13.2. The molecule has 172 valence electrons. The van der Waals surface area contributed by atoms with E-state index in [2.05, 4.69) is 15.2 Å². The number of carbonyl (C=O) groups is 1. The van der Waals surface area contributed by atoms with Crippen molar-refractivity contribution in [3.8, 4) is 17.0 Å². The molecule has 1 aliphatic rings. The number of hydrogen-bond acceptors (Lipinski definition) is 5. The van der Waals surface area contributed by atoms with Crippen LogP contribution in [0.2, 0.25) is 0 Å². The normalized spacial score (nSPS) is 14.1. The summed E-state index contributed by atoms with van der Waals surface area (Å²) in [7, 11) is 0. The van der Waals surface area contributed by atoms with Gasteiger partial charge in [-0.25, -0.2) is 4.39 Å². The van der Waals surface area contributed by atoms with E-state index in [0.29, 0.717) is 13.2 Å². The molecule has 1 N–H and O–H groups in total. The molecule has 0 unspecified atom stereocenters. The highest BCUT2D eigenvalue weighted by Gasteiger charge is 2.10. The first-order valence-corrected chi connectivity index (χ1v) is 11.2. The average molecular weight is 450 g/mol. The van der Waals surface area contributed by atoms with E-state index in [-0.39, 0.29) is 18.1 Å². The van der Waals surface area contributed by atoms with Gasteiger partial charge < -0.3 is 14.8 Å². The number of benzene rings is 2. The lowest BCUT2D eigenvalue weighted by Crippen LogP contribution is -2.38. The molecule has 1 amide bonds. The average Bonchev–Trinajstić information content (AvgIpc) is 2.85. The molecule has 1 aromatic heterocycles. The predicted molar refractivity (Wildman–Crippen MR) is 124 cm³/mol. The fourth-order valence-corrected chi connectivity index (χ4v) is 3.63. The molecule has 4 rings (SSSR count). The van der Waals surface area contributed by atoms with Crippen LogP contribution >= 0.6 is 0 Å². The van der Waals surface area contributed by atoms with Gasteiger partial charge in [-0.15, -0.1) is 0 Å². The maximum absolute atomic E-state index is 13.2. The third-order valence-electron chi connectivity index (χ3n) is 5.50. The van der Waals surface area contributed by atoms with Crippen molar-refractivity contribution in [2.75, 3.05) is 39.5 Å². The molecular formula is C26H28FN3O3. The van der Waals surface area contributed by atoms with Crippen LogP contribution in [0.15, 0.2) is 66.9 Å². The van der Waals surface area contributed by atoms with E-state index in [0.717, 1.165) is 61.0 Å².